The highest BCUT2D eigenvalue weighted by Crippen LogP contribution is 2.28. The van der Waals surface area contributed by atoms with Crippen LogP contribution in [0.2, 0.25) is 0 Å². The molecule has 0 unspecified atom stereocenters. The van der Waals surface area contributed by atoms with E-state index in [9.17, 15) is 4.79 Å². The number of carbonyl (C=O) groups excluding carboxylic acids is 1. The van der Waals surface area contributed by atoms with Crippen molar-refractivity contribution in [3.8, 4) is 0 Å². The number of H-pyrrole nitrogens is 1. The maximum atomic E-state index is 12.0. The number of hydrogen-bond donors (Lipinski definition) is 3. The van der Waals surface area contributed by atoms with E-state index in [0.717, 1.165) is 33.0 Å². The number of amides is 2. The van der Waals surface area contributed by atoms with Gasteiger partial charge in [0.15, 0.2) is 10.2 Å². The lowest BCUT2D eigenvalue weighted by Gasteiger charge is -2.06. The highest BCUT2D eigenvalue weighted by atomic mass is 32.2. The highest BCUT2D eigenvalue weighted by Gasteiger charge is 2.08. The molecule has 0 aliphatic heterocycles. The van der Waals surface area contributed by atoms with E-state index in [4.69, 9.17) is 4.42 Å². The molecule has 0 saturated carbocycles. The average Bonchev–Trinajstić information content (AvgIpc) is 3.27. The van der Waals surface area contributed by atoms with E-state index in [1.54, 1.807) is 6.07 Å². The SMILES string of the molecule is Cc1cc(C)cc(NC(=O)N/N=C/c2ccc(Sc3nc4ccccc4[nH]3)o2)c1. The summed E-state index contributed by atoms with van der Waals surface area (Å²) in [6.45, 7) is 3.96. The van der Waals surface area contributed by atoms with Gasteiger partial charge in [-0.15, -0.1) is 0 Å². The van der Waals surface area contributed by atoms with Crippen molar-refractivity contribution < 1.29 is 9.21 Å². The third-order valence-electron chi connectivity index (χ3n) is 4.00. The fourth-order valence-corrected chi connectivity index (χ4v) is 3.66. The molecule has 0 fully saturated rings. The summed E-state index contributed by atoms with van der Waals surface area (Å²) in [5, 5.41) is 8.09. The number of imidazole rings is 1. The minimum Gasteiger partial charge on any atom is -0.448 e. The van der Waals surface area contributed by atoms with Crippen LogP contribution in [-0.4, -0.2) is 22.2 Å². The van der Waals surface area contributed by atoms with Crippen molar-refractivity contribution in [3.05, 3.63) is 71.5 Å². The lowest BCUT2D eigenvalue weighted by molar-refractivity contribution is 0.252. The molecule has 0 aliphatic rings. The number of benzene rings is 2. The number of fused-ring (bicyclic) bond motifs is 1. The van der Waals surface area contributed by atoms with Gasteiger partial charge in [-0.05, 0) is 73.1 Å². The Hall–Kier alpha value is -3.52. The van der Waals surface area contributed by atoms with Crippen LogP contribution < -0.4 is 10.7 Å². The standard InChI is InChI=1S/C21H19N5O2S/c1-13-9-14(2)11-15(10-13)23-20(27)26-22-12-16-7-8-19(28-16)29-21-24-17-5-3-4-6-18(17)25-21/h3-12H,1-2H3,(H,24,25)(H2,23,26,27)/b22-12+. The maximum absolute atomic E-state index is 12.0. The van der Waals surface area contributed by atoms with Gasteiger partial charge < -0.3 is 14.7 Å². The van der Waals surface area contributed by atoms with Crippen LogP contribution in [0, 0.1) is 13.8 Å². The van der Waals surface area contributed by atoms with Gasteiger partial charge in [-0.1, -0.05) is 18.2 Å². The second-order valence-corrected chi connectivity index (χ2v) is 7.51. The molecule has 2 amide bonds. The number of hydrazone groups is 1. The van der Waals surface area contributed by atoms with Crippen LogP contribution in [0.25, 0.3) is 11.0 Å². The number of para-hydroxylation sites is 2. The third kappa shape index (κ3) is 4.85. The number of urea groups is 1. The Kier molecular flexibility index (Phi) is 5.35. The molecular formula is C21H19N5O2S. The van der Waals surface area contributed by atoms with Crippen molar-refractivity contribution in [2.75, 3.05) is 5.32 Å². The molecule has 2 heterocycles. The Bertz CT molecular complexity index is 1140. The van der Waals surface area contributed by atoms with Crippen molar-refractivity contribution in [1.29, 1.82) is 0 Å². The summed E-state index contributed by atoms with van der Waals surface area (Å²) >= 11 is 1.38. The molecule has 0 spiro atoms. The first-order chi connectivity index (χ1) is 14.0. The summed E-state index contributed by atoms with van der Waals surface area (Å²) in [6, 6.07) is 16.8. The van der Waals surface area contributed by atoms with Gasteiger partial charge in [0, 0.05) is 5.69 Å². The molecule has 0 aliphatic carbocycles. The van der Waals surface area contributed by atoms with Crippen LogP contribution in [-0.2, 0) is 0 Å². The Morgan fingerprint density at radius 2 is 1.93 bits per heavy atom. The fraction of sp³-hybridized carbons (Fsp3) is 0.0952. The molecule has 146 valence electrons. The van der Waals surface area contributed by atoms with E-state index in [1.165, 1.54) is 18.0 Å². The summed E-state index contributed by atoms with van der Waals surface area (Å²) in [7, 11) is 0. The third-order valence-corrected chi connectivity index (χ3v) is 4.81. The van der Waals surface area contributed by atoms with Crippen LogP contribution in [0.1, 0.15) is 16.9 Å². The molecule has 29 heavy (non-hydrogen) atoms. The molecule has 3 N–H and O–H groups in total. The van der Waals surface area contributed by atoms with Gasteiger partial charge in [0.25, 0.3) is 0 Å². The molecule has 4 rings (SSSR count). The monoisotopic (exact) mass is 405 g/mol. The molecule has 0 bridgehead atoms. The number of aromatic nitrogens is 2. The second kappa shape index (κ2) is 8.24. The molecule has 4 aromatic rings. The van der Waals surface area contributed by atoms with Gasteiger partial charge in [-0.2, -0.15) is 5.10 Å². The van der Waals surface area contributed by atoms with E-state index >= 15 is 0 Å². The summed E-state index contributed by atoms with van der Waals surface area (Å²) < 4.78 is 5.70. The lowest BCUT2D eigenvalue weighted by atomic mass is 10.1. The Balaban J connectivity index is 1.33. The number of rotatable bonds is 5. The molecule has 8 heteroatoms. The number of furan rings is 1. The summed E-state index contributed by atoms with van der Waals surface area (Å²) in [5.41, 5.74) is 7.18. The van der Waals surface area contributed by atoms with Gasteiger partial charge in [0.2, 0.25) is 0 Å². The number of anilines is 1. The zero-order valence-electron chi connectivity index (χ0n) is 15.9. The van der Waals surface area contributed by atoms with Crippen molar-refractivity contribution in [2.45, 2.75) is 24.1 Å². The second-order valence-electron chi connectivity index (χ2n) is 6.52. The number of nitrogens with zero attached hydrogens (tertiary/aromatic N) is 2. The topological polar surface area (TPSA) is 95.3 Å². The van der Waals surface area contributed by atoms with Gasteiger partial charge in [-0.25, -0.2) is 15.2 Å². The van der Waals surface area contributed by atoms with Crippen molar-refractivity contribution in [1.82, 2.24) is 15.4 Å². The molecule has 2 aromatic carbocycles. The van der Waals surface area contributed by atoms with Crippen LogP contribution in [0.4, 0.5) is 10.5 Å². The largest absolute Gasteiger partial charge is 0.448 e. The van der Waals surface area contributed by atoms with E-state index < -0.39 is 6.03 Å². The molecule has 2 aromatic heterocycles. The molecule has 0 saturated heterocycles. The lowest BCUT2D eigenvalue weighted by Crippen LogP contribution is -2.24. The van der Waals surface area contributed by atoms with E-state index in [1.807, 2.05) is 62.4 Å². The highest BCUT2D eigenvalue weighted by molar-refractivity contribution is 7.99. The molecular weight excluding hydrogens is 386 g/mol. The van der Waals surface area contributed by atoms with Crippen LogP contribution in [0.3, 0.4) is 0 Å². The Labute approximate surface area is 171 Å². The van der Waals surface area contributed by atoms with Crippen LogP contribution in [0.5, 0.6) is 0 Å². The summed E-state index contributed by atoms with van der Waals surface area (Å²) in [6.07, 6.45) is 1.45. The van der Waals surface area contributed by atoms with Crippen LogP contribution in [0.15, 0.2) is 74.4 Å². The van der Waals surface area contributed by atoms with E-state index in [0.29, 0.717) is 10.9 Å². The number of carbonyl (C=O) groups is 1. The van der Waals surface area contributed by atoms with Crippen molar-refractivity contribution in [3.63, 3.8) is 0 Å². The van der Waals surface area contributed by atoms with Gasteiger partial charge in [0.05, 0.1) is 17.2 Å². The first-order valence-corrected chi connectivity index (χ1v) is 9.77. The van der Waals surface area contributed by atoms with Gasteiger partial charge in [-0.3, -0.25) is 0 Å². The van der Waals surface area contributed by atoms with Crippen LogP contribution >= 0.6 is 11.8 Å². The summed E-state index contributed by atoms with van der Waals surface area (Å²) in [5.74, 6) is 0.523. The normalized spacial score (nSPS) is 11.2. The van der Waals surface area contributed by atoms with E-state index in [2.05, 4.69) is 25.8 Å². The predicted octanol–water partition coefficient (Wildman–Crippen LogP) is 5.08. The number of nitrogens with one attached hydrogen (secondary N) is 3. The maximum Gasteiger partial charge on any atom is 0.339 e. The number of aryl methyl sites for hydroxylation is 2. The number of hydrogen-bond acceptors (Lipinski definition) is 5. The Morgan fingerprint density at radius 3 is 2.72 bits per heavy atom. The fourth-order valence-electron chi connectivity index (χ4n) is 2.89. The van der Waals surface area contributed by atoms with Gasteiger partial charge in [0.1, 0.15) is 5.76 Å². The van der Waals surface area contributed by atoms with Gasteiger partial charge >= 0.3 is 6.03 Å². The minimum atomic E-state index is -0.422. The first kappa shape index (κ1) is 18.8. The van der Waals surface area contributed by atoms with Crippen molar-refractivity contribution >= 4 is 40.7 Å². The van der Waals surface area contributed by atoms with E-state index in [-0.39, 0.29) is 0 Å². The quantitative estimate of drug-likeness (QED) is 0.319. The minimum absolute atomic E-state index is 0.422. The zero-order chi connectivity index (χ0) is 20.2. The first-order valence-electron chi connectivity index (χ1n) is 8.96. The van der Waals surface area contributed by atoms with Crippen molar-refractivity contribution in [2.24, 2.45) is 5.10 Å². The Morgan fingerprint density at radius 1 is 1.14 bits per heavy atom. The molecule has 0 atom stereocenters. The number of aromatic amines is 1. The molecule has 7 nitrogen and oxygen atoms in total. The zero-order valence-corrected chi connectivity index (χ0v) is 16.7. The predicted molar refractivity (Wildman–Crippen MR) is 115 cm³/mol. The average molecular weight is 405 g/mol. The smallest absolute Gasteiger partial charge is 0.339 e. The summed E-state index contributed by atoms with van der Waals surface area (Å²) in [4.78, 5) is 19.7. The molecule has 0 radical (unpaired) electrons.